The van der Waals surface area contributed by atoms with Gasteiger partial charge in [-0.05, 0) is 43.0 Å². The van der Waals surface area contributed by atoms with Crippen LogP contribution in [0.25, 0.3) is 11.0 Å². The second-order valence-corrected chi connectivity index (χ2v) is 6.87. The van der Waals surface area contributed by atoms with Crippen molar-refractivity contribution in [2.45, 2.75) is 50.6 Å². The lowest BCUT2D eigenvalue weighted by molar-refractivity contribution is -0.240. The highest BCUT2D eigenvalue weighted by Crippen LogP contribution is 2.32. The van der Waals surface area contributed by atoms with Gasteiger partial charge in [-0.25, -0.2) is 0 Å². The van der Waals surface area contributed by atoms with E-state index in [0.717, 1.165) is 29.6 Å². The van der Waals surface area contributed by atoms with Crippen LogP contribution in [0.4, 0.5) is 13.2 Å². The lowest BCUT2D eigenvalue weighted by atomic mass is 9.95. The summed E-state index contributed by atoms with van der Waals surface area (Å²) in [7, 11) is 0. The van der Waals surface area contributed by atoms with Crippen LogP contribution in [-0.4, -0.2) is 47.6 Å². The van der Waals surface area contributed by atoms with Crippen molar-refractivity contribution in [1.82, 2.24) is 14.9 Å². The number of morpholine rings is 1. The van der Waals surface area contributed by atoms with Crippen LogP contribution in [-0.2, 0) is 11.3 Å². The molecule has 1 aliphatic heterocycles. The highest BCUT2D eigenvalue weighted by molar-refractivity contribution is 5.80. The van der Waals surface area contributed by atoms with Gasteiger partial charge >= 0.3 is 6.18 Å². The highest BCUT2D eigenvalue weighted by Gasteiger charge is 2.43. The van der Waals surface area contributed by atoms with Gasteiger partial charge in [-0.2, -0.15) is 13.2 Å². The summed E-state index contributed by atoms with van der Waals surface area (Å²) in [6.07, 6.45) is -1.40. The van der Waals surface area contributed by atoms with Gasteiger partial charge in [0.05, 0.1) is 17.1 Å². The number of nitrogens with one attached hydrogen (secondary N) is 1. The van der Waals surface area contributed by atoms with E-state index in [4.69, 9.17) is 10.5 Å². The van der Waals surface area contributed by atoms with E-state index in [1.807, 2.05) is 19.1 Å². The molecule has 3 atom stereocenters. The molecule has 0 aromatic carbocycles. The number of alkyl halides is 3. The second kappa shape index (κ2) is 7.94. The molecule has 26 heavy (non-hydrogen) atoms. The fourth-order valence-corrected chi connectivity index (χ4v) is 3.51. The third-order valence-corrected chi connectivity index (χ3v) is 4.84. The fourth-order valence-electron chi connectivity index (χ4n) is 3.51. The van der Waals surface area contributed by atoms with Gasteiger partial charge in [-0.3, -0.25) is 4.98 Å². The van der Waals surface area contributed by atoms with Crippen molar-refractivity contribution in [2.24, 2.45) is 5.73 Å². The van der Waals surface area contributed by atoms with Crippen molar-refractivity contribution in [1.29, 1.82) is 0 Å². The molecule has 1 saturated heterocycles. The molecule has 3 N–H and O–H groups in total. The largest absolute Gasteiger partial charge is 0.415 e. The number of hydrogen-bond acceptors (Lipinski definition) is 4. The van der Waals surface area contributed by atoms with Gasteiger partial charge in [0.25, 0.3) is 0 Å². The lowest BCUT2D eigenvalue weighted by Crippen LogP contribution is -2.51. The Bertz CT molecular complexity index is 731. The molecule has 0 radical (unpaired) electrons. The molecule has 0 spiro atoms. The summed E-state index contributed by atoms with van der Waals surface area (Å²) in [5.74, 6) is 0.0327. The maximum absolute atomic E-state index is 12.9. The quantitative estimate of drug-likeness (QED) is 0.821. The summed E-state index contributed by atoms with van der Waals surface area (Å²) in [6.45, 7) is 3.65. The van der Waals surface area contributed by atoms with Gasteiger partial charge in [0.15, 0.2) is 6.10 Å². The number of aryl methyl sites for hydroxylation is 1. The fraction of sp³-hybridized carbons (Fsp3) is 0.611. The Labute approximate surface area is 150 Å². The molecule has 0 amide bonds. The number of aromatic nitrogens is 2. The molecular formula is C18H25F3N4O. The highest BCUT2D eigenvalue weighted by atomic mass is 19.4. The van der Waals surface area contributed by atoms with Gasteiger partial charge in [0.1, 0.15) is 0 Å². The Morgan fingerprint density at radius 3 is 2.96 bits per heavy atom. The smallest absolute Gasteiger partial charge is 0.363 e. The van der Waals surface area contributed by atoms with Crippen LogP contribution in [0, 0.1) is 0 Å². The number of hydrogen-bond donors (Lipinski definition) is 2. The SMILES string of the molecule is CC(C[C@H]1CNC[C@@H](C(F)(F)F)O1)c1cn(CCCN)c2cccnc12. The minimum absolute atomic E-state index is 0.0327. The van der Waals surface area contributed by atoms with Crippen molar-refractivity contribution in [2.75, 3.05) is 19.6 Å². The maximum Gasteiger partial charge on any atom is 0.415 e. The van der Waals surface area contributed by atoms with Crippen LogP contribution < -0.4 is 11.1 Å². The number of ether oxygens (including phenoxy) is 1. The number of rotatable bonds is 6. The minimum atomic E-state index is -4.34. The van der Waals surface area contributed by atoms with Crippen molar-refractivity contribution in [3.63, 3.8) is 0 Å². The molecule has 5 nitrogen and oxygen atoms in total. The van der Waals surface area contributed by atoms with Crippen molar-refractivity contribution >= 4 is 11.0 Å². The molecule has 8 heteroatoms. The Morgan fingerprint density at radius 1 is 1.42 bits per heavy atom. The Hall–Kier alpha value is -1.64. The van der Waals surface area contributed by atoms with Crippen molar-refractivity contribution < 1.29 is 17.9 Å². The molecule has 3 heterocycles. The topological polar surface area (TPSA) is 65.1 Å². The molecule has 144 valence electrons. The van der Waals surface area contributed by atoms with Crippen LogP contribution in [0.5, 0.6) is 0 Å². The summed E-state index contributed by atoms with van der Waals surface area (Å²) in [6, 6.07) is 3.89. The van der Waals surface area contributed by atoms with Crippen LogP contribution in [0.15, 0.2) is 24.5 Å². The zero-order valence-corrected chi connectivity index (χ0v) is 14.8. The average molecular weight is 370 g/mol. The van der Waals surface area contributed by atoms with E-state index in [1.165, 1.54) is 0 Å². The first-order chi connectivity index (χ1) is 12.4. The van der Waals surface area contributed by atoms with Crippen LogP contribution in [0.3, 0.4) is 0 Å². The maximum atomic E-state index is 12.9. The molecule has 1 aliphatic rings. The molecule has 0 saturated carbocycles. The monoisotopic (exact) mass is 370 g/mol. The van der Waals surface area contributed by atoms with E-state index in [1.54, 1.807) is 6.20 Å². The summed E-state index contributed by atoms with van der Waals surface area (Å²) in [5, 5.41) is 2.84. The van der Waals surface area contributed by atoms with E-state index in [9.17, 15) is 13.2 Å². The predicted molar refractivity (Wildman–Crippen MR) is 94.0 cm³/mol. The zero-order valence-electron chi connectivity index (χ0n) is 14.8. The van der Waals surface area contributed by atoms with E-state index < -0.39 is 18.4 Å². The van der Waals surface area contributed by atoms with Crippen molar-refractivity contribution in [3.8, 4) is 0 Å². The van der Waals surface area contributed by atoms with Gasteiger partial charge in [-0.1, -0.05) is 6.92 Å². The van der Waals surface area contributed by atoms with Gasteiger partial charge in [0.2, 0.25) is 0 Å². The number of nitrogens with zero attached hydrogens (tertiary/aromatic N) is 2. The normalized spacial score (nSPS) is 22.7. The first kappa shape index (κ1) is 19.1. The molecule has 1 unspecified atom stereocenters. The van der Waals surface area contributed by atoms with Crippen LogP contribution in [0.1, 0.15) is 31.2 Å². The molecule has 1 fully saturated rings. The summed E-state index contributed by atoms with van der Waals surface area (Å²) in [5.41, 5.74) is 8.57. The minimum Gasteiger partial charge on any atom is -0.363 e. The first-order valence-corrected chi connectivity index (χ1v) is 8.97. The summed E-state index contributed by atoms with van der Waals surface area (Å²) < 4.78 is 46.2. The number of halogens is 3. The number of nitrogens with two attached hydrogens (primary N) is 1. The van der Waals surface area contributed by atoms with Gasteiger partial charge in [0, 0.05) is 32.0 Å². The number of pyridine rings is 1. The second-order valence-electron chi connectivity index (χ2n) is 6.87. The average Bonchev–Trinajstić information content (AvgIpc) is 2.98. The predicted octanol–water partition coefficient (Wildman–Crippen LogP) is 2.80. The first-order valence-electron chi connectivity index (χ1n) is 8.97. The standard InChI is InChI=1S/C18H25F3N4O/c1-12(8-13-9-23-10-16(26-13)18(19,20)21)14-11-25(7-3-5-22)15-4-2-6-24-17(14)15/h2,4,6,11-13,16,23H,3,5,7-10,22H2,1H3/t12?,13-,16-/m0/s1. The molecule has 2 aromatic rings. The third-order valence-electron chi connectivity index (χ3n) is 4.84. The molecular weight excluding hydrogens is 345 g/mol. The molecule has 3 rings (SSSR count). The van der Waals surface area contributed by atoms with Crippen LogP contribution in [0.2, 0.25) is 0 Å². The summed E-state index contributed by atoms with van der Waals surface area (Å²) >= 11 is 0. The molecule has 0 bridgehead atoms. The number of fused-ring (bicyclic) bond motifs is 1. The van der Waals surface area contributed by atoms with Gasteiger partial charge in [-0.15, -0.1) is 0 Å². The van der Waals surface area contributed by atoms with E-state index in [-0.39, 0.29) is 12.5 Å². The molecule has 2 aromatic heterocycles. The van der Waals surface area contributed by atoms with Crippen LogP contribution >= 0.6 is 0 Å². The van der Waals surface area contributed by atoms with Gasteiger partial charge < -0.3 is 20.4 Å². The molecule has 0 aliphatic carbocycles. The van der Waals surface area contributed by atoms with E-state index >= 15 is 0 Å². The summed E-state index contributed by atoms with van der Waals surface area (Å²) in [4.78, 5) is 4.49. The Balaban J connectivity index is 1.76. The zero-order chi connectivity index (χ0) is 18.7. The van der Waals surface area contributed by atoms with Crippen molar-refractivity contribution in [3.05, 3.63) is 30.1 Å². The Kier molecular flexibility index (Phi) is 5.84. The van der Waals surface area contributed by atoms with E-state index in [2.05, 4.69) is 21.1 Å². The van der Waals surface area contributed by atoms with E-state index in [0.29, 0.717) is 19.5 Å². The third kappa shape index (κ3) is 4.19. The lowest BCUT2D eigenvalue weighted by Gasteiger charge is -2.33. The Morgan fingerprint density at radius 2 is 2.23 bits per heavy atom.